The van der Waals surface area contributed by atoms with Crippen LogP contribution in [0.2, 0.25) is 0 Å². The van der Waals surface area contributed by atoms with Crippen molar-refractivity contribution in [1.29, 1.82) is 0 Å². The van der Waals surface area contributed by atoms with Crippen LogP contribution in [0.3, 0.4) is 0 Å². The summed E-state index contributed by atoms with van der Waals surface area (Å²) in [4.78, 5) is 84.9. The largest absolute Gasteiger partial charge is 0.351 e. The van der Waals surface area contributed by atoms with Crippen molar-refractivity contribution in [3.63, 3.8) is 0 Å². The maximum Gasteiger partial charge on any atom is 0.289 e. The fourth-order valence-electron chi connectivity index (χ4n) is 8.02. The number of benzene rings is 1. The van der Waals surface area contributed by atoms with E-state index >= 15 is 0 Å². The molecule has 2 aliphatic heterocycles. The van der Waals surface area contributed by atoms with Gasteiger partial charge in [0.1, 0.15) is 6.04 Å². The Labute approximate surface area is 302 Å². The summed E-state index contributed by atoms with van der Waals surface area (Å²) in [5, 5.41) is 8.58. The number of rotatable bonds is 14. The molecule has 11 heteroatoms. The number of nitrogens with zero attached hydrogens (tertiary/aromatic N) is 2. The van der Waals surface area contributed by atoms with Gasteiger partial charge in [0.05, 0.1) is 18.0 Å². The van der Waals surface area contributed by atoms with Crippen LogP contribution < -0.4 is 16.0 Å². The molecule has 0 spiro atoms. The molecule has 1 aromatic carbocycles. The average Bonchev–Trinajstić information content (AvgIpc) is 3.85. The minimum absolute atomic E-state index is 0.0600. The van der Waals surface area contributed by atoms with E-state index in [4.69, 9.17) is 0 Å². The molecular formula is C40H57N5O6. The lowest BCUT2D eigenvalue weighted by molar-refractivity contribution is -0.149. The monoisotopic (exact) mass is 703 g/mol. The van der Waals surface area contributed by atoms with E-state index in [-0.39, 0.29) is 65.3 Å². The third kappa shape index (κ3) is 8.23. The number of likely N-dealkylation sites (tertiary alicyclic amines) is 1. The molecule has 2 aliphatic carbocycles. The molecule has 51 heavy (non-hydrogen) atoms. The molecule has 1 saturated heterocycles. The molecule has 6 atom stereocenters. The standard InChI is InChI=1S/C40H57N5O6/c1-10-17-41-35(49)33(47)28(18-23-15-16-23)42-34(48)32-31-27(40(31,8)9)21-45(32)37(51)26(38(2,3)4)19-30(46)43-29(39(5,6)7)22-44-20-24-13-11-12-14-25(24)36(44)50/h10-14,23,26-29,31-32H,1,15-22H2,2-9H3,(H,41,49)(H,42,48)(H,43,46)/t26-,27+,28?,29-,31+,32+/m1/s1. The molecule has 5 amide bonds. The number of hydrogen-bond donors (Lipinski definition) is 3. The summed E-state index contributed by atoms with van der Waals surface area (Å²) in [6, 6.07) is 5.36. The van der Waals surface area contributed by atoms with E-state index in [9.17, 15) is 28.8 Å². The molecule has 278 valence electrons. The number of carbonyl (C=O) groups is 6. The van der Waals surface area contributed by atoms with E-state index < -0.39 is 41.0 Å². The molecule has 5 rings (SSSR count). The Hall–Kier alpha value is -4.02. The van der Waals surface area contributed by atoms with Crippen LogP contribution in [0.15, 0.2) is 36.9 Å². The van der Waals surface area contributed by atoms with Gasteiger partial charge in [0.25, 0.3) is 11.8 Å². The van der Waals surface area contributed by atoms with E-state index in [1.807, 2.05) is 65.8 Å². The molecule has 1 aromatic rings. The van der Waals surface area contributed by atoms with E-state index in [0.29, 0.717) is 31.6 Å². The second kappa shape index (κ2) is 14.2. The van der Waals surface area contributed by atoms with Crippen molar-refractivity contribution in [2.45, 2.75) is 106 Å². The predicted molar refractivity (Wildman–Crippen MR) is 194 cm³/mol. The second-order valence-corrected chi connectivity index (χ2v) is 17.9. The first-order valence-corrected chi connectivity index (χ1v) is 18.5. The van der Waals surface area contributed by atoms with E-state index in [2.05, 4.69) is 36.4 Å². The summed E-state index contributed by atoms with van der Waals surface area (Å²) in [5.41, 5.74) is 0.476. The predicted octanol–water partition coefficient (Wildman–Crippen LogP) is 3.86. The van der Waals surface area contributed by atoms with Crippen LogP contribution in [0, 0.1) is 39.9 Å². The first-order chi connectivity index (χ1) is 23.7. The average molecular weight is 704 g/mol. The lowest BCUT2D eigenvalue weighted by atomic mass is 9.77. The normalized spacial score (nSPS) is 23.8. The third-order valence-corrected chi connectivity index (χ3v) is 11.7. The van der Waals surface area contributed by atoms with Gasteiger partial charge in [-0.1, -0.05) is 92.5 Å². The van der Waals surface area contributed by atoms with Crippen LogP contribution in [0.25, 0.3) is 0 Å². The summed E-state index contributed by atoms with van der Waals surface area (Å²) in [6.07, 6.45) is 3.65. The van der Waals surface area contributed by atoms with Crippen LogP contribution in [-0.4, -0.2) is 82.9 Å². The first-order valence-electron chi connectivity index (χ1n) is 18.5. The van der Waals surface area contributed by atoms with Crippen LogP contribution in [0.1, 0.15) is 97.0 Å². The van der Waals surface area contributed by atoms with Crippen LogP contribution in [0.5, 0.6) is 0 Å². The summed E-state index contributed by atoms with van der Waals surface area (Å²) < 4.78 is 0. The number of carbonyl (C=O) groups excluding carboxylic acids is 6. The zero-order chi connectivity index (χ0) is 37.6. The zero-order valence-corrected chi connectivity index (χ0v) is 31.6. The number of amides is 5. The Bertz CT molecular complexity index is 1580. The Kier molecular flexibility index (Phi) is 10.6. The number of hydrogen-bond acceptors (Lipinski definition) is 6. The third-order valence-electron chi connectivity index (χ3n) is 11.7. The van der Waals surface area contributed by atoms with E-state index in [1.165, 1.54) is 6.08 Å². The molecule has 1 unspecified atom stereocenters. The SMILES string of the molecule is C=CCNC(=O)C(=O)C(CC1CC1)NC(=O)[C@@H]1[C@@H]2[C@H](CN1C(=O)[C@@H](CC(=O)N[C@H](CN1Cc3ccccc3C1=O)C(C)(C)C)C(C)(C)C)C2(C)C. The number of fused-ring (bicyclic) bond motifs is 2. The highest BCUT2D eigenvalue weighted by Gasteiger charge is 2.70. The van der Waals surface area contributed by atoms with Gasteiger partial charge >= 0.3 is 0 Å². The Morgan fingerprint density at radius 2 is 1.67 bits per heavy atom. The lowest BCUT2D eigenvalue weighted by Crippen LogP contribution is -2.57. The van der Waals surface area contributed by atoms with Crippen molar-refractivity contribution in [2.24, 2.45) is 39.9 Å². The van der Waals surface area contributed by atoms with Gasteiger partial charge < -0.3 is 25.8 Å². The zero-order valence-electron chi connectivity index (χ0n) is 31.6. The molecule has 2 heterocycles. The minimum atomic E-state index is -0.985. The fraction of sp³-hybridized carbons (Fsp3) is 0.650. The van der Waals surface area contributed by atoms with Crippen molar-refractivity contribution in [3.8, 4) is 0 Å². The van der Waals surface area contributed by atoms with Crippen molar-refractivity contribution in [3.05, 3.63) is 48.0 Å². The molecule has 0 aromatic heterocycles. The molecular weight excluding hydrogens is 646 g/mol. The summed E-state index contributed by atoms with van der Waals surface area (Å²) >= 11 is 0. The maximum absolute atomic E-state index is 14.6. The highest BCUT2D eigenvalue weighted by atomic mass is 16.2. The highest BCUT2D eigenvalue weighted by molar-refractivity contribution is 6.38. The fourth-order valence-corrected chi connectivity index (χ4v) is 8.02. The van der Waals surface area contributed by atoms with Crippen molar-refractivity contribution < 1.29 is 28.8 Å². The molecule has 4 aliphatic rings. The van der Waals surface area contributed by atoms with Crippen LogP contribution >= 0.6 is 0 Å². The van der Waals surface area contributed by atoms with Gasteiger partial charge in [-0.25, -0.2) is 0 Å². The molecule has 11 nitrogen and oxygen atoms in total. The minimum Gasteiger partial charge on any atom is -0.351 e. The van der Waals surface area contributed by atoms with Gasteiger partial charge in [-0.05, 0) is 52.0 Å². The van der Waals surface area contributed by atoms with Gasteiger partial charge in [0, 0.05) is 38.2 Å². The number of piperidine rings is 1. The van der Waals surface area contributed by atoms with Gasteiger partial charge in [-0.3, -0.25) is 28.8 Å². The van der Waals surface area contributed by atoms with Crippen molar-refractivity contribution in [1.82, 2.24) is 25.8 Å². The van der Waals surface area contributed by atoms with Crippen molar-refractivity contribution >= 4 is 35.3 Å². The Morgan fingerprint density at radius 1 is 1.00 bits per heavy atom. The van der Waals surface area contributed by atoms with Gasteiger partial charge in [0.15, 0.2) is 0 Å². The van der Waals surface area contributed by atoms with E-state index in [1.54, 1.807) is 9.80 Å². The van der Waals surface area contributed by atoms with E-state index in [0.717, 1.165) is 18.4 Å². The number of ketones is 1. The summed E-state index contributed by atoms with van der Waals surface area (Å²) in [7, 11) is 0. The number of nitrogens with one attached hydrogen (secondary N) is 3. The molecule has 2 saturated carbocycles. The van der Waals surface area contributed by atoms with Crippen LogP contribution in [-0.2, 0) is 30.5 Å². The number of Topliss-reactive ketones (excluding diaryl/α,β-unsaturated/α-hetero) is 1. The summed E-state index contributed by atoms with van der Waals surface area (Å²) in [6.45, 7) is 20.9. The first kappa shape index (κ1) is 38.2. The van der Waals surface area contributed by atoms with Crippen molar-refractivity contribution in [2.75, 3.05) is 19.6 Å². The molecule has 0 radical (unpaired) electrons. The quantitative estimate of drug-likeness (QED) is 0.198. The molecule has 0 bridgehead atoms. The van der Waals surface area contributed by atoms with Gasteiger partial charge in [0.2, 0.25) is 23.5 Å². The molecule has 3 fully saturated rings. The van der Waals surface area contributed by atoms with Gasteiger partial charge in [-0.2, -0.15) is 0 Å². The second-order valence-electron chi connectivity index (χ2n) is 17.9. The maximum atomic E-state index is 14.6. The van der Waals surface area contributed by atoms with Crippen LogP contribution in [0.4, 0.5) is 0 Å². The smallest absolute Gasteiger partial charge is 0.289 e. The topological polar surface area (TPSA) is 145 Å². The van der Waals surface area contributed by atoms with Gasteiger partial charge in [-0.15, -0.1) is 6.58 Å². The Balaban J connectivity index is 1.31. The molecule has 3 N–H and O–H groups in total. The highest BCUT2D eigenvalue weighted by Crippen LogP contribution is 2.65. The Morgan fingerprint density at radius 3 is 2.25 bits per heavy atom. The lowest BCUT2D eigenvalue weighted by Gasteiger charge is -2.38. The summed E-state index contributed by atoms with van der Waals surface area (Å²) in [5.74, 6) is -2.99.